The van der Waals surface area contributed by atoms with Gasteiger partial charge in [-0.3, -0.25) is 0 Å². The van der Waals surface area contributed by atoms with Gasteiger partial charge in [0.25, 0.3) is 0 Å². The predicted molar refractivity (Wildman–Crippen MR) is 111 cm³/mol. The Labute approximate surface area is 165 Å². The summed E-state index contributed by atoms with van der Waals surface area (Å²) in [4.78, 5) is 13.0. The number of rotatable bonds is 4. The second-order valence-corrected chi connectivity index (χ2v) is 7.67. The summed E-state index contributed by atoms with van der Waals surface area (Å²) in [5.74, 6) is -0.00130. The van der Waals surface area contributed by atoms with Gasteiger partial charge in [-0.1, -0.05) is 19.6 Å². The Morgan fingerprint density at radius 1 is 1.07 bits per heavy atom. The van der Waals surface area contributed by atoms with E-state index in [2.05, 4.69) is 45.3 Å². The number of likely N-dealkylation sites (tertiary alicyclic amines) is 2. The lowest BCUT2D eigenvalue weighted by Gasteiger charge is -2.41. The molecule has 1 N–H and O–H groups in total. The fourth-order valence-electron chi connectivity index (χ4n) is 3.94. The molecule has 0 unspecified atom stereocenters. The van der Waals surface area contributed by atoms with E-state index in [9.17, 15) is 8.78 Å². The Balaban J connectivity index is 1.58. The van der Waals surface area contributed by atoms with Crippen LogP contribution in [0.15, 0.2) is 40.6 Å². The summed E-state index contributed by atoms with van der Waals surface area (Å²) >= 11 is 0. The predicted octanol–water partition coefficient (Wildman–Crippen LogP) is 4.10. The van der Waals surface area contributed by atoms with Gasteiger partial charge in [0.15, 0.2) is 0 Å². The molecule has 2 aliphatic rings. The average Bonchev–Trinajstić information content (AvgIpc) is 2.70. The zero-order chi connectivity index (χ0) is 20.1. The Morgan fingerprint density at radius 3 is 2.25 bits per heavy atom. The molecule has 0 bridgehead atoms. The van der Waals surface area contributed by atoms with Crippen LogP contribution in [0, 0.1) is 17.6 Å². The molecule has 0 amide bonds. The number of nitrogens with one attached hydrogen (secondary N) is 1. The molecule has 2 aliphatic heterocycles. The molecule has 2 fully saturated rings. The molecule has 2 heterocycles. The van der Waals surface area contributed by atoms with Crippen LogP contribution in [0.2, 0.25) is 0 Å². The average molecular weight is 389 g/mol. The lowest BCUT2D eigenvalue weighted by Crippen LogP contribution is -2.48. The van der Waals surface area contributed by atoms with Gasteiger partial charge in [0.05, 0.1) is 0 Å². The van der Waals surface area contributed by atoms with Crippen LogP contribution in [0.3, 0.4) is 0 Å². The minimum Gasteiger partial charge on any atom is -0.341 e. The maximum Gasteiger partial charge on any atom is 0.226 e. The van der Waals surface area contributed by atoms with Gasteiger partial charge in [0, 0.05) is 19.1 Å². The third kappa shape index (κ3) is 4.95. The number of hydrogen-bond donors (Lipinski definition) is 1. The highest BCUT2D eigenvalue weighted by Gasteiger charge is 2.28. The van der Waals surface area contributed by atoms with E-state index >= 15 is 0 Å². The third-order valence-corrected chi connectivity index (χ3v) is 5.69. The van der Waals surface area contributed by atoms with Crippen molar-refractivity contribution in [3.63, 3.8) is 0 Å². The fourth-order valence-corrected chi connectivity index (χ4v) is 3.94. The molecule has 28 heavy (non-hydrogen) atoms. The maximum absolute atomic E-state index is 13.8. The molecule has 7 heteroatoms. The van der Waals surface area contributed by atoms with Crippen LogP contribution < -0.4 is 5.32 Å². The summed E-state index contributed by atoms with van der Waals surface area (Å²) in [6.07, 6.45) is 4.65. The highest BCUT2D eigenvalue weighted by atomic mass is 19.1. The van der Waals surface area contributed by atoms with Crippen molar-refractivity contribution in [1.29, 1.82) is 0 Å². The molecule has 5 nitrogen and oxygen atoms in total. The Bertz CT molecular complexity index is 712. The number of para-hydroxylation sites is 1. The SMILES string of the molecule is C=N/C(=N\C(=C)Nc1c(F)cccc1F)N1CCC(N2CCC(C)CC2)CC1. The van der Waals surface area contributed by atoms with E-state index in [1.54, 1.807) is 0 Å². The largest absolute Gasteiger partial charge is 0.341 e. The summed E-state index contributed by atoms with van der Waals surface area (Å²) in [6.45, 7) is 13.7. The number of benzene rings is 1. The first-order valence-corrected chi connectivity index (χ1v) is 9.92. The van der Waals surface area contributed by atoms with E-state index in [-0.39, 0.29) is 11.5 Å². The number of hydrogen-bond acceptors (Lipinski definition) is 3. The van der Waals surface area contributed by atoms with Gasteiger partial charge < -0.3 is 15.1 Å². The summed E-state index contributed by atoms with van der Waals surface area (Å²) in [5.41, 5.74) is -0.266. The van der Waals surface area contributed by atoms with Crippen LogP contribution >= 0.6 is 0 Å². The summed E-state index contributed by atoms with van der Waals surface area (Å²) in [5, 5.41) is 2.59. The molecule has 0 saturated carbocycles. The maximum atomic E-state index is 13.8. The van der Waals surface area contributed by atoms with Crippen LogP contribution in [0.1, 0.15) is 32.6 Å². The highest BCUT2D eigenvalue weighted by Crippen LogP contribution is 2.24. The van der Waals surface area contributed by atoms with E-state index < -0.39 is 11.6 Å². The van der Waals surface area contributed by atoms with Crippen molar-refractivity contribution in [2.45, 2.75) is 38.6 Å². The molecule has 152 valence electrons. The Kier molecular flexibility index (Phi) is 6.78. The molecule has 0 atom stereocenters. The molecule has 1 aromatic rings. The van der Waals surface area contributed by atoms with Gasteiger partial charge in [0.1, 0.15) is 23.1 Å². The second-order valence-electron chi connectivity index (χ2n) is 7.67. The summed E-state index contributed by atoms with van der Waals surface area (Å²) in [7, 11) is 0. The molecule has 0 aromatic heterocycles. The van der Waals surface area contributed by atoms with Gasteiger partial charge in [-0.15, -0.1) is 0 Å². The number of aliphatic imine (C=N–C) groups is 2. The number of halogens is 2. The Morgan fingerprint density at radius 2 is 1.68 bits per heavy atom. The lowest BCUT2D eigenvalue weighted by molar-refractivity contribution is 0.0982. The number of piperidine rings is 2. The van der Waals surface area contributed by atoms with Gasteiger partial charge in [-0.05, 0) is 63.5 Å². The first-order valence-electron chi connectivity index (χ1n) is 9.92. The number of anilines is 1. The van der Waals surface area contributed by atoms with Crippen molar-refractivity contribution in [1.82, 2.24) is 9.80 Å². The van der Waals surface area contributed by atoms with Gasteiger partial charge in [-0.2, -0.15) is 4.99 Å². The fraction of sp³-hybridized carbons (Fsp3) is 0.524. The topological polar surface area (TPSA) is 43.2 Å². The zero-order valence-electron chi connectivity index (χ0n) is 16.5. The first kappa shape index (κ1) is 20.5. The van der Waals surface area contributed by atoms with E-state index in [1.165, 1.54) is 44.1 Å². The van der Waals surface area contributed by atoms with Gasteiger partial charge in [-0.25, -0.2) is 13.8 Å². The molecular weight excluding hydrogens is 360 g/mol. The van der Waals surface area contributed by atoms with Crippen molar-refractivity contribution < 1.29 is 8.78 Å². The first-order chi connectivity index (χ1) is 13.5. The minimum atomic E-state index is -0.693. The third-order valence-electron chi connectivity index (χ3n) is 5.69. The zero-order valence-corrected chi connectivity index (χ0v) is 16.5. The van der Waals surface area contributed by atoms with E-state index in [4.69, 9.17) is 0 Å². The van der Waals surface area contributed by atoms with Crippen LogP contribution in [-0.2, 0) is 0 Å². The van der Waals surface area contributed by atoms with E-state index in [0.29, 0.717) is 12.0 Å². The quantitative estimate of drug-likeness (QED) is 0.623. The smallest absolute Gasteiger partial charge is 0.226 e. The van der Waals surface area contributed by atoms with E-state index in [1.807, 2.05) is 0 Å². The second kappa shape index (κ2) is 9.28. The number of nitrogens with zero attached hydrogens (tertiary/aromatic N) is 4. The van der Waals surface area contributed by atoms with Crippen LogP contribution in [0.4, 0.5) is 14.5 Å². The van der Waals surface area contributed by atoms with Crippen LogP contribution in [-0.4, -0.2) is 54.7 Å². The molecule has 2 saturated heterocycles. The lowest BCUT2D eigenvalue weighted by atomic mass is 9.95. The number of guanidine groups is 1. The summed E-state index contributed by atoms with van der Waals surface area (Å²) < 4.78 is 27.6. The molecule has 3 rings (SSSR count). The van der Waals surface area contributed by atoms with Crippen LogP contribution in [0.25, 0.3) is 0 Å². The normalized spacial score (nSPS) is 20.2. The van der Waals surface area contributed by atoms with Crippen molar-refractivity contribution in [2.75, 3.05) is 31.5 Å². The van der Waals surface area contributed by atoms with Crippen molar-refractivity contribution >= 4 is 18.4 Å². The molecule has 0 spiro atoms. The molecule has 0 aliphatic carbocycles. The van der Waals surface area contributed by atoms with Gasteiger partial charge >= 0.3 is 0 Å². The van der Waals surface area contributed by atoms with Gasteiger partial charge in [0.2, 0.25) is 5.96 Å². The molecule has 0 radical (unpaired) electrons. The summed E-state index contributed by atoms with van der Waals surface area (Å²) in [6, 6.07) is 4.28. The van der Waals surface area contributed by atoms with Crippen LogP contribution in [0.5, 0.6) is 0 Å². The van der Waals surface area contributed by atoms with Crippen molar-refractivity contribution in [3.8, 4) is 0 Å². The standard InChI is InChI=1S/C21H29F2N5/c1-15-7-11-27(12-8-15)17-9-13-28(14-10-17)21(24-3)26-16(2)25-20-18(22)5-4-6-19(20)23/h4-6,15,17,25H,2-3,7-14H2,1H3/b26-21+. The monoisotopic (exact) mass is 389 g/mol. The highest BCUT2D eigenvalue weighted by molar-refractivity contribution is 5.85. The molecule has 1 aromatic carbocycles. The molecular formula is C21H29F2N5. The van der Waals surface area contributed by atoms with E-state index in [0.717, 1.165) is 31.8 Å². The minimum absolute atomic E-state index is 0.124. The van der Waals surface area contributed by atoms with Crippen molar-refractivity contribution in [3.05, 3.63) is 42.2 Å². The Hall–Kier alpha value is -2.28. The van der Waals surface area contributed by atoms with Crippen molar-refractivity contribution in [2.24, 2.45) is 15.9 Å².